The molecule has 0 saturated carbocycles. The van der Waals surface area contributed by atoms with Crippen molar-refractivity contribution in [1.29, 1.82) is 5.26 Å². The van der Waals surface area contributed by atoms with E-state index in [2.05, 4.69) is 4.72 Å². The maximum atomic E-state index is 13.6. The van der Waals surface area contributed by atoms with Crippen molar-refractivity contribution in [1.82, 2.24) is 0 Å². The second-order valence-corrected chi connectivity index (χ2v) is 5.91. The van der Waals surface area contributed by atoms with Crippen LogP contribution in [-0.4, -0.2) is 8.42 Å². The van der Waals surface area contributed by atoms with Gasteiger partial charge in [-0.3, -0.25) is 4.72 Å². The molecular formula is C14H11FN2O2S. The van der Waals surface area contributed by atoms with Gasteiger partial charge in [0, 0.05) is 0 Å². The SMILES string of the molecule is Cc1ccc(F)c(NS(=O)(=O)c2cccc(C#N)c2)c1. The summed E-state index contributed by atoms with van der Waals surface area (Å²) in [7, 11) is -3.93. The molecule has 2 aromatic rings. The maximum Gasteiger partial charge on any atom is 0.262 e. The second kappa shape index (κ2) is 5.31. The summed E-state index contributed by atoms with van der Waals surface area (Å²) in [6, 6.07) is 11.5. The molecule has 0 saturated heterocycles. The van der Waals surface area contributed by atoms with E-state index in [9.17, 15) is 12.8 Å². The molecule has 0 aliphatic carbocycles. The van der Waals surface area contributed by atoms with E-state index in [1.165, 1.54) is 36.4 Å². The minimum atomic E-state index is -3.93. The van der Waals surface area contributed by atoms with Crippen molar-refractivity contribution in [2.45, 2.75) is 11.8 Å². The number of nitriles is 1. The van der Waals surface area contributed by atoms with E-state index >= 15 is 0 Å². The molecule has 0 fully saturated rings. The molecule has 4 nitrogen and oxygen atoms in total. The quantitative estimate of drug-likeness (QED) is 0.945. The Hall–Kier alpha value is -2.39. The predicted octanol–water partition coefficient (Wildman–Crippen LogP) is 2.81. The summed E-state index contributed by atoms with van der Waals surface area (Å²) in [5, 5.41) is 8.77. The highest BCUT2D eigenvalue weighted by atomic mass is 32.2. The molecule has 2 rings (SSSR count). The summed E-state index contributed by atoms with van der Waals surface area (Å²) in [6.07, 6.45) is 0. The molecule has 0 spiro atoms. The predicted molar refractivity (Wildman–Crippen MR) is 73.1 cm³/mol. The van der Waals surface area contributed by atoms with Gasteiger partial charge in [-0.25, -0.2) is 12.8 Å². The van der Waals surface area contributed by atoms with E-state index in [0.717, 1.165) is 5.56 Å². The van der Waals surface area contributed by atoms with Crippen LogP contribution in [0.25, 0.3) is 0 Å². The van der Waals surface area contributed by atoms with Gasteiger partial charge in [0.2, 0.25) is 0 Å². The third kappa shape index (κ3) is 2.95. The van der Waals surface area contributed by atoms with Crippen LogP contribution in [0.1, 0.15) is 11.1 Å². The van der Waals surface area contributed by atoms with Gasteiger partial charge >= 0.3 is 0 Å². The minimum Gasteiger partial charge on any atom is -0.277 e. The Morgan fingerprint density at radius 3 is 2.65 bits per heavy atom. The zero-order valence-electron chi connectivity index (χ0n) is 10.6. The van der Waals surface area contributed by atoms with Gasteiger partial charge in [-0.15, -0.1) is 0 Å². The Labute approximate surface area is 116 Å². The van der Waals surface area contributed by atoms with Crippen LogP contribution in [-0.2, 0) is 10.0 Å². The van der Waals surface area contributed by atoms with E-state index in [-0.39, 0.29) is 16.1 Å². The first kappa shape index (κ1) is 14.0. The van der Waals surface area contributed by atoms with E-state index in [1.54, 1.807) is 13.0 Å². The zero-order valence-corrected chi connectivity index (χ0v) is 11.4. The Balaban J connectivity index is 2.41. The summed E-state index contributed by atoms with van der Waals surface area (Å²) in [4.78, 5) is -0.0857. The Morgan fingerprint density at radius 2 is 1.95 bits per heavy atom. The molecule has 2 aromatic carbocycles. The summed E-state index contributed by atoms with van der Waals surface area (Å²) in [5.74, 6) is -0.657. The van der Waals surface area contributed by atoms with Gasteiger partial charge in [-0.2, -0.15) is 5.26 Å². The second-order valence-electron chi connectivity index (χ2n) is 4.23. The smallest absolute Gasteiger partial charge is 0.262 e. The summed E-state index contributed by atoms with van der Waals surface area (Å²) < 4.78 is 40.1. The van der Waals surface area contributed by atoms with Gasteiger partial charge in [0.1, 0.15) is 5.82 Å². The molecule has 20 heavy (non-hydrogen) atoms. The standard InChI is InChI=1S/C14H11FN2O2S/c1-10-5-6-13(15)14(7-10)17-20(18,19)12-4-2-3-11(8-12)9-16/h2-8,17H,1H3. The lowest BCUT2D eigenvalue weighted by atomic mass is 10.2. The first-order valence-electron chi connectivity index (χ1n) is 5.71. The molecule has 0 radical (unpaired) electrons. The number of hydrogen-bond donors (Lipinski definition) is 1. The largest absolute Gasteiger partial charge is 0.277 e. The highest BCUT2D eigenvalue weighted by Crippen LogP contribution is 2.20. The number of aryl methyl sites for hydroxylation is 1. The number of nitrogens with zero attached hydrogens (tertiary/aromatic N) is 1. The molecule has 0 aliphatic rings. The fourth-order valence-electron chi connectivity index (χ4n) is 1.65. The van der Waals surface area contributed by atoms with Crippen molar-refractivity contribution in [2.24, 2.45) is 0 Å². The number of hydrogen-bond acceptors (Lipinski definition) is 3. The highest BCUT2D eigenvalue weighted by molar-refractivity contribution is 7.92. The van der Waals surface area contributed by atoms with Gasteiger partial charge in [0.05, 0.1) is 22.2 Å². The van der Waals surface area contributed by atoms with Crippen molar-refractivity contribution in [3.05, 3.63) is 59.4 Å². The lowest BCUT2D eigenvalue weighted by Crippen LogP contribution is -2.14. The monoisotopic (exact) mass is 290 g/mol. The summed E-state index contributed by atoms with van der Waals surface area (Å²) in [5.41, 5.74) is 0.833. The van der Waals surface area contributed by atoms with Crippen molar-refractivity contribution in [3.63, 3.8) is 0 Å². The first-order valence-corrected chi connectivity index (χ1v) is 7.20. The van der Waals surface area contributed by atoms with E-state index in [4.69, 9.17) is 5.26 Å². The molecule has 0 aromatic heterocycles. The fourth-order valence-corrected chi connectivity index (χ4v) is 2.76. The normalized spacial score (nSPS) is 10.8. The van der Waals surface area contributed by atoms with Crippen LogP contribution < -0.4 is 4.72 Å². The van der Waals surface area contributed by atoms with Crippen molar-refractivity contribution < 1.29 is 12.8 Å². The highest BCUT2D eigenvalue weighted by Gasteiger charge is 2.16. The number of halogens is 1. The Kier molecular flexibility index (Phi) is 3.72. The molecule has 0 bridgehead atoms. The molecular weight excluding hydrogens is 279 g/mol. The molecule has 0 amide bonds. The van der Waals surface area contributed by atoms with Crippen LogP contribution in [0.15, 0.2) is 47.4 Å². The number of rotatable bonds is 3. The lowest BCUT2D eigenvalue weighted by molar-refractivity contribution is 0.598. The molecule has 102 valence electrons. The summed E-state index contributed by atoms with van der Waals surface area (Å²) >= 11 is 0. The van der Waals surface area contributed by atoms with Crippen molar-refractivity contribution in [3.8, 4) is 6.07 Å². The lowest BCUT2D eigenvalue weighted by Gasteiger charge is -2.09. The van der Waals surface area contributed by atoms with Crippen LogP contribution in [0.5, 0.6) is 0 Å². The van der Waals surface area contributed by atoms with Gasteiger partial charge < -0.3 is 0 Å². The number of nitrogens with one attached hydrogen (secondary N) is 1. The van der Waals surface area contributed by atoms with Crippen LogP contribution in [0.3, 0.4) is 0 Å². The number of sulfonamides is 1. The molecule has 6 heteroatoms. The van der Waals surface area contributed by atoms with E-state index in [1.807, 2.05) is 6.07 Å². The molecule has 1 N–H and O–H groups in total. The fraction of sp³-hybridized carbons (Fsp3) is 0.0714. The van der Waals surface area contributed by atoms with Crippen LogP contribution in [0.4, 0.5) is 10.1 Å². The van der Waals surface area contributed by atoms with E-state index in [0.29, 0.717) is 0 Å². The average molecular weight is 290 g/mol. The molecule has 0 atom stereocenters. The summed E-state index contributed by atoms with van der Waals surface area (Å²) in [6.45, 7) is 1.73. The maximum absolute atomic E-state index is 13.6. The zero-order chi connectivity index (χ0) is 14.8. The third-order valence-electron chi connectivity index (χ3n) is 2.64. The Morgan fingerprint density at radius 1 is 1.20 bits per heavy atom. The number of anilines is 1. The van der Waals surface area contributed by atoms with Crippen LogP contribution in [0.2, 0.25) is 0 Å². The van der Waals surface area contributed by atoms with Crippen LogP contribution >= 0.6 is 0 Å². The minimum absolute atomic E-state index is 0.0857. The third-order valence-corrected chi connectivity index (χ3v) is 4.00. The van der Waals surface area contributed by atoms with Crippen molar-refractivity contribution in [2.75, 3.05) is 4.72 Å². The van der Waals surface area contributed by atoms with Gasteiger partial charge in [-0.05, 0) is 42.8 Å². The van der Waals surface area contributed by atoms with E-state index < -0.39 is 15.8 Å². The van der Waals surface area contributed by atoms with Crippen LogP contribution in [0, 0.1) is 24.1 Å². The topological polar surface area (TPSA) is 70.0 Å². The molecule has 0 heterocycles. The number of benzene rings is 2. The van der Waals surface area contributed by atoms with Gasteiger partial charge in [0.25, 0.3) is 10.0 Å². The first-order chi connectivity index (χ1) is 9.42. The Bertz CT molecular complexity index is 795. The molecule has 0 unspecified atom stereocenters. The average Bonchev–Trinajstić information content (AvgIpc) is 2.43. The van der Waals surface area contributed by atoms with Crippen molar-refractivity contribution >= 4 is 15.7 Å². The molecule has 0 aliphatic heterocycles. The van der Waals surface area contributed by atoms with Gasteiger partial charge in [-0.1, -0.05) is 12.1 Å². The van der Waals surface area contributed by atoms with Gasteiger partial charge in [0.15, 0.2) is 0 Å².